The quantitative estimate of drug-likeness (QED) is 0.776. The third-order valence-electron chi connectivity index (χ3n) is 2.94. The molecule has 1 aromatic carbocycles. The molecule has 1 N–H and O–H groups in total. The van der Waals surface area contributed by atoms with Crippen LogP contribution >= 0.6 is 0 Å². The predicted octanol–water partition coefficient (Wildman–Crippen LogP) is 2.50. The van der Waals surface area contributed by atoms with Gasteiger partial charge in [-0.2, -0.15) is 5.10 Å². The Morgan fingerprint density at radius 2 is 2.05 bits per heavy atom. The van der Waals surface area contributed by atoms with Crippen molar-refractivity contribution in [2.45, 2.75) is 26.5 Å². The smallest absolute Gasteiger partial charge is 0.157 e. The molecule has 0 saturated heterocycles. The summed E-state index contributed by atoms with van der Waals surface area (Å²) < 4.78 is 7.49. The van der Waals surface area contributed by atoms with E-state index in [4.69, 9.17) is 4.74 Å². The van der Waals surface area contributed by atoms with Gasteiger partial charge in [0.05, 0.1) is 12.4 Å². The highest BCUT2D eigenvalue weighted by molar-refractivity contribution is 5.27. The molecular weight excluding hydrogens is 238 g/mol. The van der Waals surface area contributed by atoms with Crippen LogP contribution in [0.2, 0.25) is 0 Å². The van der Waals surface area contributed by atoms with Gasteiger partial charge in [-0.1, -0.05) is 31.2 Å². The lowest BCUT2D eigenvalue weighted by atomic mass is 10.1. The first kappa shape index (κ1) is 13.6. The number of rotatable bonds is 7. The summed E-state index contributed by atoms with van der Waals surface area (Å²) in [5.74, 6) is 0.804. The van der Waals surface area contributed by atoms with E-state index in [1.165, 1.54) is 11.1 Å². The minimum absolute atomic E-state index is 0.579. The number of nitrogens with zero attached hydrogens (tertiary/aromatic N) is 2. The molecule has 1 heterocycles. The lowest BCUT2D eigenvalue weighted by molar-refractivity contribution is 0.304. The van der Waals surface area contributed by atoms with Gasteiger partial charge in [-0.05, 0) is 24.1 Å². The number of ether oxygens (including phenoxy) is 1. The first-order valence-corrected chi connectivity index (χ1v) is 6.68. The van der Waals surface area contributed by atoms with Gasteiger partial charge in [-0.25, -0.2) is 0 Å². The Morgan fingerprint density at radius 3 is 2.74 bits per heavy atom. The SMILES string of the molecule is CCCNCc1ccccc1COc1cnn(C)c1. The summed E-state index contributed by atoms with van der Waals surface area (Å²) in [5, 5.41) is 7.51. The second-order valence-corrected chi connectivity index (χ2v) is 4.58. The van der Waals surface area contributed by atoms with E-state index < -0.39 is 0 Å². The zero-order valence-corrected chi connectivity index (χ0v) is 11.6. The van der Waals surface area contributed by atoms with Crippen LogP contribution in [-0.2, 0) is 20.2 Å². The molecule has 0 aliphatic heterocycles. The van der Waals surface area contributed by atoms with Crippen LogP contribution in [0.5, 0.6) is 5.75 Å². The molecule has 4 nitrogen and oxygen atoms in total. The Hall–Kier alpha value is -1.81. The Bertz CT molecular complexity index is 508. The molecule has 1 aromatic heterocycles. The number of hydrogen-bond acceptors (Lipinski definition) is 3. The second-order valence-electron chi connectivity index (χ2n) is 4.58. The maximum absolute atomic E-state index is 5.75. The topological polar surface area (TPSA) is 39.1 Å². The minimum Gasteiger partial charge on any atom is -0.486 e. The summed E-state index contributed by atoms with van der Waals surface area (Å²) in [6, 6.07) is 8.37. The molecule has 102 valence electrons. The van der Waals surface area contributed by atoms with Crippen molar-refractivity contribution in [2.75, 3.05) is 6.54 Å². The fourth-order valence-corrected chi connectivity index (χ4v) is 1.90. The Morgan fingerprint density at radius 1 is 1.26 bits per heavy atom. The fraction of sp³-hybridized carbons (Fsp3) is 0.400. The average Bonchev–Trinajstić information content (AvgIpc) is 2.84. The summed E-state index contributed by atoms with van der Waals surface area (Å²) in [6.07, 6.45) is 4.75. The lowest BCUT2D eigenvalue weighted by Gasteiger charge is -2.10. The monoisotopic (exact) mass is 259 g/mol. The van der Waals surface area contributed by atoms with Crippen molar-refractivity contribution >= 4 is 0 Å². The summed E-state index contributed by atoms with van der Waals surface area (Å²) in [5.41, 5.74) is 2.51. The molecule has 0 radical (unpaired) electrons. The minimum atomic E-state index is 0.579. The van der Waals surface area contributed by atoms with E-state index in [1.54, 1.807) is 10.9 Å². The molecule has 0 bridgehead atoms. The molecule has 0 aliphatic carbocycles. The highest BCUT2D eigenvalue weighted by Crippen LogP contribution is 2.14. The van der Waals surface area contributed by atoms with Crippen molar-refractivity contribution in [1.82, 2.24) is 15.1 Å². The zero-order chi connectivity index (χ0) is 13.5. The van der Waals surface area contributed by atoms with Crippen LogP contribution in [0.1, 0.15) is 24.5 Å². The maximum Gasteiger partial charge on any atom is 0.157 e. The maximum atomic E-state index is 5.75. The van der Waals surface area contributed by atoms with Crippen molar-refractivity contribution < 1.29 is 4.74 Å². The van der Waals surface area contributed by atoms with Crippen LogP contribution in [0.3, 0.4) is 0 Å². The first-order valence-electron chi connectivity index (χ1n) is 6.68. The van der Waals surface area contributed by atoms with E-state index in [1.807, 2.05) is 19.3 Å². The number of hydrogen-bond donors (Lipinski definition) is 1. The third kappa shape index (κ3) is 4.10. The molecule has 0 spiro atoms. The van der Waals surface area contributed by atoms with Crippen LogP contribution < -0.4 is 10.1 Å². The van der Waals surface area contributed by atoms with Crippen LogP contribution in [0.4, 0.5) is 0 Å². The summed E-state index contributed by atoms with van der Waals surface area (Å²) in [4.78, 5) is 0. The molecule has 0 amide bonds. The predicted molar refractivity (Wildman–Crippen MR) is 76.0 cm³/mol. The van der Waals surface area contributed by atoms with Crippen molar-refractivity contribution in [3.05, 3.63) is 47.8 Å². The van der Waals surface area contributed by atoms with Crippen LogP contribution in [0.25, 0.3) is 0 Å². The van der Waals surface area contributed by atoms with Gasteiger partial charge < -0.3 is 10.1 Å². The Balaban J connectivity index is 1.95. The van der Waals surface area contributed by atoms with Crippen molar-refractivity contribution in [3.63, 3.8) is 0 Å². The largest absolute Gasteiger partial charge is 0.486 e. The molecule has 0 atom stereocenters. The highest BCUT2D eigenvalue weighted by Gasteiger charge is 2.03. The Labute approximate surface area is 114 Å². The van der Waals surface area contributed by atoms with Crippen molar-refractivity contribution in [3.8, 4) is 5.75 Å². The molecule has 0 aliphatic rings. The van der Waals surface area contributed by atoms with E-state index in [0.717, 1.165) is 25.3 Å². The summed E-state index contributed by atoms with van der Waals surface area (Å²) >= 11 is 0. The van der Waals surface area contributed by atoms with E-state index in [-0.39, 0.29) is 0 Å². The van der Waals surface area contributed by atoms with Gasteiger partial charge in [0.15, 0.2) is 5.75 Å². The Kier molecular flexibility index (Phi) is 4.98. The standard InChI is InChI=1S/C15H21N3O/c1-3-8-16-9-13-6-4-5-7-14(13)12-19-15-10-17-18(2)11-15/h4-7,10-11,16H,3,8-9,12H2,1-2H3. The van der Waals surface area contributed by atoms with E-state index in [2.05, 4.69) is 35.5 Å². The third-order valence-corrected chi connectivity index (χ3v) is 2.94. The zero-order valence-electron chi connectivity index (χ0n) is 11.6. The second kappa shape index (κ2) is 6.95. The van der Waals surface area contributed by atoms with Gasteiger partial charge in [-0.15, -0.1) is 0 Å². The van der Waals surface area contributed by atoms with Crippen LogP contribution in [0.15, 0.2) is 36.7 Å². The molecule has 0 unspecified atom stereocenters. The normalized spacial score (nSPS) is 10.6. The molecule has 2 aromatic rings. The molecule has 0 fully saturated rings. The number of benzene rings is 1. The van der Waals surface area contributed by atoms with Crippen LogP contribution in [0, 0.1) is 0 Å². The molecule has 0 saturated carbocycles. The fourth-order valence-electron chi connectivity index (χ4n) is 1.90. The average molecular weight is 259 g/mol. The van der Waals surface area contributed by atoms with Gasteiger partial charge in [0, 0.05) is 13.6 Å². The van der Waals surface area contributed by atoms with Gasteiger partial charge in [0.2, 0.25) is 0 Å². The lowest BCUT2D eigenvalue weighted by Crippen LogP contribution is -2.15. The molecule has 4 heteroatoms. The van der Waals surface area contributed by atoms with Gasteiger partial charge >= 0.3 is 0 Å². The van der Waals surface area contributed by atoms with Gasteiger partial charge in [0.25, 0.3) is 0 Å². The first-order chi connectivity index (χ1) is 9.29. The van der Waals surface area contributed by atoms with Gasteiger partial charge in [-0.3, -0.25) is 4.68 Å². The van der Waals surface area contributed by atoms with Gasteiger partial charge in [0.1, 0.15) is 6.61 Å². The number of aryl methyl sites for hydroxylation is 1. The van der Waals surface area contributed by atoms with Crippen molar-refractivity contribution in [1.29, 1.82) is 0 Å². The van der Waals surface area contributed by atoms with E-state index >= 15 is 0 Å². The highest BCUT2D eigenvalue weighted by atomic mass is 16.5. The number of nitrogens with one attached hydrogen (secondary N) is 1. The summed E-state index contributed by atoms with van der Waals surface area (Å²) in [7, 11) is 1.88. The molecular formula is C15H21N3O. The van der Waals surface area contributed by atoms with E-state index in [9.17, 15) is 0 Å². The number of aromatic nitrogens is 2. The van der Waals surface area contributed by atoms with Crippen molar-refractivity contribution in [2.24, 2.45) is 7.05 Å². The summed E-state index contributed by atoms with van der Waals surface area (Å²) in [6.45, 7) is 4.68. The van der Waals surface area contributed by atoms with E-state index in [0.29, 0.717) is 6.61 Å². The molecule has 2 rings (SSSR count). The van der Waals surface area contributed by atoms with Crippen LogP contribution in [-0.4, -0.2) is 16.3 Å². The molecule has 19 heavy (non-hydrogen) atoms.